The van der Waals surface area contributed by atoms with E-state index in [-0.39, 0.29) is 18.1 Å². The van der Waals surface area contributed by atoms with Crippen molar-refractivity contribution in [1.82, 2.24) is 20.3 Å². The zero-order valence-corrected chi connectivity index (χ0v) is 21.9. The van der Waals surface area contributed by atoms with E-state index in [1.807, 2.05) is 12.1 Å². The molecule has 1 aliphatic carbocycles. The first-order valence-electron chi connectivity index (χ1n) is 13.6. The van der Waals surface area contributed by atoms with Crippen molar-refractivity contribution in [2.75, 3.05) is 68.1 Å². The van der Waals surface area contributed by atoms with Crippen LogP contribution in [0.2, 0.25) is 0 Å². The Morgan fingerprint density at radius 1 is 0.947 bits per heavy atom. The number of aliphatic hydroxyl groups is 1. The molecule has 1 aromatic heterocycles. The highest BCUT2D eigenvalue weighted by atomic mass is 16.5. The Labute approximate surface area is 223 Å². The van der Waals surface area contributed by atoms with Crippen LogP contribution in [0.3, 0.4) is 0 Å². The molecule has 1 aromatic carbocycles. The molecule has 12 heteroatoms. The van der Waals surface area contributed by atoms with Crippen LogP contribution in [-0.4, -0.2) is 90.7 Å². The fourth-order valence-electron chi connectivity index (χ4n) is 4.52. The highest BCUT2D eigenvalue weighted by molar-refractivity contribution is 5.94. The molecule has 208 valence electrons. The molecule has 2 heterocycles. The van der Waals surface area contributed by atoms with Gasteiger partial charge in [0.15, 0.2) is 0 Å². The van der Waals surface area contributed by atoms with E-state index < -0.39 is 0 Å². The van der Waals surface area contributed by atoms with Gasteiger partial charge in [0.05, 0.1) is 32.5 Å². The molecule has 1 saturated carbocycles. The Morgan fingerprint density at radius 2 is 1.63 bits per heavy atom. The molecule has 6 N–H and O–H groups in total. The number of ether oxygens (including phenoxy) is 2. The second-order valence-corrected chi connectivity index (χ2v) is 9.60. The molecular formula is C26H40N8O4. The van der Waals surface area contributed by atoms with E-state index in [1.54, 1.807) is 12.1 Å². The molecule has 1 saturated heterocycles. The van der Waals surface area contributed by atoms with Crippen molar-refractivity contribution in [3.63, 3.8) is 0 Å². The largest absolute Gasteiger partial charge is 0.393 e. The highest BCUT2D eigenvalue weighted by Gasteiger charge is 2.22. The number of nitrogens with one attached hydrogen (secondary N) is 3. The van der Waals surface area contributed by atoms with E-state index in [0.717, 1.165) is 57.3 Å². The van der Waals surface area contributed by atoms with Crippen LogP contribution in [0, 0.1) is 0 Å². The predicted octanol–water partition coefficient (Wildman–Crippen LogP) is 1.65. The molecule has 1 aliphatic heterocycles. The van der Waals surface area contributed by atoms with Crippen molar-refractivity contribution >= 4 is 29.4 Å². The smallest absolute Gasteiger partial charge is 0.251 e. The third-order valence-corrected chi connectivity index (χ3v) is 6.61. The summed E-state index contributed by atoms with van der Waals surface area (Å²) in [6.45, 7) is 4.64. The lowest BCUT2D eigenvalue weighted by Crippen LogP contribution is -2.29. The molecule has 2 aromatic rings. The molecule has 1 amide bonds. The van der Waals surface area contributed by atoms with Gasteiger partial charge in [-0.15, -0.1) is 0 Å². The number of rotatable bonds is 14. The zero-order valence-electron chi connectivity index (χ0n) is 21.9. The van der Waals surface area contributed by atoms with Crippen LogP contribution in [0.5, 0.6) is 0 Å². The fraction of sp³-hybridized carbons (Fsp3) is 0.615. The number of aliphatic hydroxyl groups excluding tert-OH is 1. The van der Waals surface area contributed by atoms with Crippen molar-refractivity contribution in [3.8, 4) is 0 Å². The SMILES string of the molecule is NCCOCCOCCNC(=O)c1ccc(Nc2nc(NC3CCC(O)CC3)nc(N3CCCC3)n2)cc1. The van der Waals surface area contributed by atoms with Gasteiger partial charge in [0, 0.05) is 43.5 Å². The van der Waals surface area contributed by atoms with Crippen LogP contribution in [0.15, 0.2) is 24.3 Å². The molecule has 2 fully saturated rings. The van der Waals surface area contributed by atoms with Crippen LogP contribution < -0.4 is 26.6 Å². The van der Waals surface area contributed by atoms with Gasteiger partial charge in [-0.3, -0.25) is 4.79 Å². The van der Waals surface area contributed by atoms with Crippen LogP contribution in [0.4, 0.5) is 23.5 Å². The number of carbonyl (C=O) groups is 1. The quantitative estimate of drug-likeness (QED) is 0.227. The number of aromatic nitrogens is 3. The average Bonchev–Trinajstić information content (AvgIpc) is 3.47. The number of hydrogen-bond donors (Lipinski definition) is 5. The summed E-state index contributed by atoms with van der Waals surface area (Å²) in [5.41, 5.74) is 6.68. The van der Waals surface area contributed by atoms with Gasteiger partial charge in [-0.2, -0.15) is 15.0 Å². The summed E-state index contributed by atoms with van der Waals surface area (Å²) in [6.07, 6.45) is 5.36. The molecule has 38 heavy (non-hydrogen) atoms. The number of benzene rings is 1. The molecule has 0 radical (unpaired) electrons. The first-order valence-corrected chi connectivity index (χ1v) is 13.6. The topological polar surface area (TPSA) is 160 Å². The second kappa shape index (κ2) is 14.8. The first kappa shape index (κ1) is 28.0. The van der Waals surface area contributed by atoms with Gasteiger partial charge in [-0.1, -0.05) is 0 Å². The average molecular weight is 529 g/mol. The Kier molecular flexibility index (Phi) is 10.9. The number of nitrogens with zero attached hydrogens (tertiary/aromatic N) is 4. The number of anilines is 4. The fourth-order valence-corrected chi connectivity index (χ4v) is 4.52. The van der Waals surface area contributed by atoms with Gasteiger partial charge in [0.2, 0.25) is 17.8 Å². The third-order valence-electron chi connectivity index (χ3n) is 6.61. The minimum atomic E-state index is -0.214. The zero-order chi connectivity index (χ0) is 26.6. The number of amides is 1. The van der Waals surface area contributed by atoms with Crippen molar-refractivity contribution < 1.29 is 19.4 Å². The van der Waals surface area contributed by atoms with E-state index in [4.69, 9.17) is 15.2 Å². The maximum atomic E-state index is 12.4. The molecule has 0 unspecified atom stereocenters. The normalized spacial score (nSPS) is 19.4. The van der Waals surface area contributed by atoms with Gasteiger partial charge in [-0.05, 0) is 62.8 Å². The predicted molar refractivity (Wildman–Crippen MR) is 146 cm³/mol. The van der Waals surface area contributed by atoms with E-state index in [1.165, 1.54) is 0 Å². The summed E-state index contributed by atoms with van der Waals surface area (Å²) in [5.74, 6) is 1.47. The van der Waals surface area contributed by atoms with Crippen LogP contribution in [0.25, 0.3) is 0 Å². The molecule has 12 nitrogen and oxygen atoms in total. The van der Waals surface area contributed by atoms with Crippen LogP contribution in [0.1, 0.15) is 48.9 Å². The van der Waals surface area contributed by atoms with Crippen LogP contribution in [-0.2, 0) is 9.47 Å². The minimum absolute atomic E-state index is 0.167. The maximum Gasteiger partial charge on any atom is 0.251 e. The highest BCUT2D eigenvalue weighted by Crippen LogP contribution is 2.24. The van der Waals surface area contributed by atoms with E-state index >= 15 is 0 Å². The summed E-state index contributed by atoms with van der Waals surface area (Å²) in [7, 11) is 0. The molecular weight excluding hydrogens is 488 g/mol. The van der Waals surface area contributed by atoms with Gasteiger partial charge >= 0.3 is 0 Å². The van der Waals surface area contributed by atoms with E-state index in [9.17, 15) is 9.90 Å². The Bertz CT molecular complexity index is 995. The van der Waals surface area contributed by atoms with Gasteiger partial charge < -0.3 is 41.2 Å². The molecule has 2 aliphatic rings. The lowest BCUT2D eigenvalue weighted by atomic mass is 9.93. The van der Waals surface area contributed by atoms with Crippen molar-refractivity contribution in [2.45, 2.75) is 50.7 Å². The molecule has 4 rings (SSSR count). The van der Waals surface area contributed by atoms with Crippen molar-refractivity contribution in [2.24, 2.45) is 5.73 Å². The van der Waals surface area contributed by atoms with Gasteiger partial charge in [-0.25, -0.2) is 0 Å². The molecule has 0 spiro atoms. The third kappa shape index (κ3) is 8.76. The van der Waals surface area contributed by atoms with Crippen molar-refractivity contribution in [1.29, 1.82) is 0 Å². The molecule has 0 bridgehead atoms. The minimum Gasteiger partial charge on any atom is -0.393 e. The number of carbonyl (C=O) groups excluding carboxylic acids is 1. The monoisotopic (exact) mass is 528 g/mol. The lowest BCUT2D eigenvalue weighted by Gasteiger charge is -2.26. The summed E-state index contributed by atoms with van der Waals surface area (Å²) in [5, 5.41) is 19.4. The second-order valence-electron chi connectivity index (χ2n) is 9.60. The van der Waals surface area contributed by atoms with Gasteiger partial charge in [0.25, 0.3) is 5.91 Å². The molecule has 0 atom stereocenters. The number of hydrogen-bond acceptors (Lipinski definition) is 11. The Hall–Kier alpha value is -3.06. The summed E-state index contributed by atoms with van der Waals surface area (Å²) < 4.78 is 10.7. The van der Waals surface area contributed by atoms with Gasteiger partial charge in [0.1, 0.15) is 0 Å². The van der Waals surface area contributed by atoms with Crippen LogP contribution >= 0.6 is 0 Å². The summed E-state index contributed by atoms with van der Waals surface area (Å²) in [4.78, 5) is 28.6. The maximum absolute atomic E-state index is 12.4. The lowest BCUT2D eigenvalue weighted by molar-refractivity contribution is 0.0511. The Balaban J connectivity index is 1.31. The standard InChI is InChI=1S/C26H40N8O4/c27-11-15-37-17-18-38-16-12-28-23(36)19-3-5-20(6-4-19)29-24-31-25(30-21-7-9-22(35)10-8-21)33-26(32-24)34-13-1-2-14-34/h3-6,21-22,35H,1-2,7-18,27H2,(H,28,36)(H2,29,30,31,32,33). The Morgan fingerprint density at radius 3 is 2.34 bits per heavy atom. The summed E-state index contributed by atoms with van der Waals surface area (Å²) in [6, 6.07) is 7.40. The first-order chi connectivity index (χ1) is 18.6. The van der Waals surface area contributed by atoms with Crippen molar-refractivity contribution in [3.05, 3.63) is 29.8 Å². The van der Waals surface area contributed by atoms with E-state index in [0.29, 0.717) is 62.9 Å². The number of nitrogens with two attached hydrogens (primary N) is 1. The summed E-state index contributed by atoms with van der Waals surface area (Å²) >= 11 is 0. The van der Waals surface area contributed by atoms with E-state index in [2.05, 4.69) is 35.8 Å².